The largest absolute Gasteiger partial charge is 0.385 e. The number of anilines is 2. The van der Waals surface area contributed by atoms with Crippen LogP contribution in [0.5, 0.6) is 0 Å². The molecular weight excluding hydrogens is 286 g/mol. The summed E-state index contributed by atoms with van der Waals surface area (Å²) in [5.41, 5.74) is 2.95. The van der Waals surface area contributed by atoms with Crippen LogP contribution in [0.3, 0.4) is 0 Å². The molecule has 1 saturated heterocycles. The molecule has 2 aliphatic heterocycles. The molecule has 0 unspecified atom stereocenters. The summed E-state index contributed by atoms with van der Waals surface area (Å²) in [5, 5.41) is 3.33. The van der Waals surface area contributed by atoms with Gasteiger partial charge in [0, 0.05) is 25.3 Å². The molecule has 0 radical (unpaired) electrons. The lowest BCUT2D eigenvalue weighted by Crippen LogP contribution is -2.41. The van der Waals surface area contributed by atoms with Gasteiger partial charge in [-0.05, 0) is 49.3 Å². The van der Waals surface area contributed by atoms with E-state index >= 15 is 0 Å². The fourth-order valence-electron chi connectivity index (χ4n) is 2.96. The number of nitrogens with one attached hydrogen (secondary N) is 2. The molecule has 0 aromatic heterocycles. The van der Waals surface area contributed by atoms with Crippen molar-refractivity contribution < 1.29 is 8.42 Å². The number of hydrogen-bond donors (Lipinski definition) is 2. The van der Waals surface area contributed by atoms with Crippen LogP contribution in [0.15, 0.2) is 18.2 Å². The predicted octanol–water partition coefficient (Wildman–Crippen LogP) is 2.43. The highest BCUT2D eigenvalue weighted by Crippen LogP contribution is 2.27. The Morgan fingerprint density at radius 3 is 2.81 bits per heavy atom. The summed E-state index contributed by atoms with van der Waals surface area (Å²) in [6.45, 7) is 4.35. The highest BCUT2D eigenvalue weighted by Gasteiger charge is 2.26. The van der Waals surface area contributed by atoms with E-state index in [9.17, 15) is 8.42 Å². The molecule has 0 saturated carbocycles. The first-order chi connectivity index (χ1) is 10.0. The van der Waals surface area contributed by atoms with Gasteiger partial charge in [-0.25, -0.2) is 0 Å². The van der Waals surface area contributed by atoms with Crippen LogP contribution in [0.4, 0.5) is 11.4 Å². The van der Waals surface area contributed by atoms with Gasteiger partial charge in [-0.3, -0.25) is 4.72 Å². The molecule has 116 valence electrons. The van der Waals surface area contributed by atoms with Crippen molar-refractivity contribution in [3.8, 4) is 0 Å². The fraction of sp³-hybridized carbons (Fsp3) is 0.600. The summed E-state index contributed by atoms with van der Waals surface area (Å²) in [6, 6.07) is 5.77. The quantitative estimate of drug-likeness (QED) is 0.901. The van der Waals surface area contributed by atoms with E-state index in [1.54, 1.807) is 4.31 Å². The van der Waals surface area contributed by atoms with Crippen LogP contribution >= 0.6 is 0 Å². The summed E-state index contributed by atoms with van der Waals surface area (Å²) in [6.07, 6.45) is 4.06. The zero-order valence-electron chi connectivity index (χ0n) is 12.4. The van der Waals surface area contributed by atoms with Gasteiger partial charge in [0.05, 0.1) is 5.69 Å². The van der Waals surface area contributed by atoms with Crippen LogP contribution in [0, 0.1) is 5.92 Å². The Bertz CT molecular complexity index is 607. The summed E-state index contributed by atoms with van der Waals surface area (Å²) in [4.78, 5) is 0. The molecule has 0 aliphatic carbocycles. The van der Waals surface area contributed by atoms with E-state index < -0.39 is 10.2 Å². The normalized spacial score (nSPS) is 20.6. The number of nitrogens with zero attached hydrogens (tertiary/aromatic N) is 1. The minimum absolute atomic E-state index is 0.611. The third kappa shape index (κ3) is 3.32. The highest BCUT2D eigenvalue weighted by atomic mass is 32.2. The molecule has 3 rings (SSSR count). The second-order valence-electron chi connectivity index (χ2n) is 6.09. The van der Waals surface area contributed by atoms with E-state index in [4.69, 9.17) is 0 Å². The maximum absolute atomic E-state index is 12.4. The molecule has 0 atom stereocenters. The zero-order valence-corrected chi connectivity index (χ0v) is 13.2. The fourth-order valence-corrected chi connectivity index (χ4v) is 4.21. The van der Waals surface area contributed by atoms with Gasteiger partial charge in [0.15, 0.2) is 0 Å². The SMILES string of the molecule is CC1CCN(S(=O)(=O)Nc2ccc3c(c2)NCCC3)CC1. The van der Waals surface area contributed by atoms with E-state index in [1.165, 1.54) is 5.56 Å². The Morgan fingerprint density at radius 2 is 2.05 bits per heavy atom. The van der Waals surface area contributed by atoms with Crippen molar-refractivity contribution in [2.75, 3.05) is 29.7 Å². The zero-order chi connectivity index (χ0) is 14.9. The van der Waals surface area contributed by atoms with Gasteiger partial charge in [-0.15, -0.1) is 0 Å². The Balaban J connectivity index is 1.73. The Labute approximate surface area is 126 Å². The minimum Gasteiger partial charge on any atom is -0.385 e. The van der Waals surface area contributed by atoms with Crippen molar-refractivity contribution in [2.45, 2.75) is 32.6 Å². The van der Waals surface area contributed by atoms with Gasteiger partial charge < -0.3 is 5.32 Å². The van der Waals surface area contributed by atoms with Crippen molar-refractivity contribution in [3.05, 3.63) is 23.8 Å². The average Bonchev–Trinajstić information content (AvgIpc) is 2.47. The maximum atomic E-state index is 12.4. The molecule has 0 spiro atoms. The van der Waals surface area contributed by atoms with Crippen LogP contribution in [0.25, 0.3) is 0 Å². The second kappa shape index (κ2) is 5.85. The van der Waals surface area contributed by atoms with E-state index in [2.05, 4.69) is 17.0 Å². The standard InChI is InChI=1S/C15H23N3O2S/c1-12-6-9-18(10-7-12)21(19,20)17-14-5-4-13-3-2-8-16-15(13)11-14/h4-5,11-12,16-17H,2-3,6-10H2,1H3. The molecule has 0 bridgehead atoms. The topological polar surface area (TPSA) is 61.4 Å². The summed E-state index contributed by atoms with van der Waals surface area (Å²) in [5.74, 6) is 0.615. The summed E-state index contributed by atoms with van der Waals surface area (Å²) in [7, 11) is -3.43. The average molecular weight is 309 g/mol. The molecule has 2 heterocycles. The van der Waals surface area contributed by atoms with E-state index in [1.807, 2.05) is 18.2 Å². The monoisotopic (exact) mass is 309 g/mol. The Hall–Kier alpha value is -1.27. The first kappa shape index (κ1) is 14.7. The number of fused-ring (bicyclic) bond motifs is 1. The van der Waals surface area contributed by atoms with Crippen LogP contribution in [0.1, 0.15) is 31.7 Å². The van der Waals surface area contributed by atoms with Gasteiger partial charge in [0.2, 0.25) is 0 Å². The van der Waals surface area contributed by atoms with Crippen LogP contribution in [-0.2, 0) is 16.6 Å². The molecule has 1 aromatic rings. The first-order valence-corrected chi connectivity index (χ1v) is 9.13. The van der Waals surface area contributed by atoms with Crippen LogP contribution in [-0.4, -0.2) is 32.4 Å². The van der Waals surface area contributed by atoms with Crippen molar-refractivity contribution in [3.63, 3.8) is 0 Å². The smallest absolute Gasteiger partial charge is 0.301 e. The molecule has 6 heteroatoms. The van der Waals surface area contributed by atoms with Gasteiger partial charge in [-0.2, -0.15) is 12.7 Å². The molecule has 5 nitrogen and oxygen atoms in total. The van der Waals surface area contributed by atoms with Gasteiger partial charge in [0.25, 0.3) is 0 Å². The van der Waals surface area contributed by atoms with Crippen LogP contribution in [0.2, 0.25) is 0 Å². The van der Waals surface area contributed by atoms with Gasteiger partial charge in [-0.1, -0.05) is 13.0 Å². The summed E-state index contributed by atoms with van der Waals surface area (Å²) >= 11 is 0. The molecule has 2 N–H and O–H groups in total. The van der Waals surface area contributed by atoms with E-state index in [0.717, 1.165) is 37.9 Å². The summed E-state index contributed by atoms with van der Waals surface area (Å²) < 4.78 is 29.1. The molecule has 1 aromatic carbocycles. The molecule has 1 fully saturated rings. The number of rotatable bonds is 3. The van der Waals surface area contributed by atoms with Crippen molar-refractivity contribution in [2.24, 2.45) is 5.92 Å². The first-order valence-electron chi connectivity index (χ1n) is 7.69. The number of aryl methyl sites for hydroxylation is 1. The van der Waals surface area contributed by atoms with Crippen molar-refractivity contribution in [1.82, 2.24) is 4.31 Å². The minimum atomic E-state index is -3.43. The van der Waals surface area contributed by atoms with Crippen LogP contribution < -0.4 is 10.0 Å². The number of benzene rings is 1. The molecule has 0 amide bonds. The molecular formula is C15H23N3O2S. The van der Waals surface area contributed by atoms with Gasteiger partial charge >= 0.3 is 10.2 Å². The van der Waals surface area contributed by atoms with E-state index in [0.29, 0.717) is 24.7 Å². The molecule has 2 aliphatic rings. The Morgan fingerprint density at radius 1 is 1.29 bits per heavy atom. The lowest BCUT2D eigenvalue weighted by molar-refractivity contribution is 0.289. The number of hydrogen-bond acceptors (Lipinski definition) is 3. The second-order valence-corrected chi connectivity index (χ2v) is 7.76. The lowest BCUT2D eigenvalue weighted by Gasteiger charge is -2.29. The number of piperidine rings is 1. The van der Waals surface area contributed by atoms with Gasteiger partial charge in [0.1, 0.15) is 0 Å². The highest BCUT2D eigenvalue weighted by molar-refractivity contribution is 7.90. The van der Waals surface area contributed by atoms with E-state index in [-0.39, 0.29) is 0 Å². The third-order valence-corrected chi connectivity index (χ3v) is 5.92. The van der Waals surface area contributed by atoms with Crippen molar-refractivity contribution >= 4 is 21.6 Å². The Kier molecular flexibility index (Phi) is 4.08. The lowest BCUT2D eigenvalue weighted by atomic mass is 10.0. The predicted molar refractivity (Wildman–Crippen MR) is 85.8 cm³/mol. The third-order valence-electron chi connectivity index (χ3n) is 4.38. The molecule has 21 heavy (non-hydrogen) atoms. The maximum Gasteiger partial charge on any atom is 0.301 e. The van der Waals surface area contributed by atoms with Crippen molar-refractivity contribution in [1.29, 1.82) is 0 Å².